The molecule has 0 bridgehead atoms. The molecule has 1 aliphatic rings. The molecule has 27 heavy (non-hydrogen) atoms. The third kappa shape index (κ3) is 4.41. The predicted molar refractivity (Wildman–Crippen MR) is 106 cm³/mol. The van der Waals surface area contributed by atoms with E-state index in [-0.39, 0.29) is 12.4 Å². The SMILES string of the molecule is CC1=C[NH+](Cc2ccccc2)C(c2ccccc2)N1Cc1ccccc1.[Cl-]. The molecule has 2 atom stereocenters. The molecular formula is C24H25ClN2. The first-order chi connectivity index (χ1) is 12.8. The molecule has 3 aromatic rings. The minimum Gasteiger partial charge on any atom is -1.00 e. The Hall–Kier alpha value is -2.55. The van der Waals surface area contributed by atoms with Gasteiger partial charge in [0.1, 0.15) is 12.7 Å². The summed E-state index contributed by atoms with van der Waals surface area (Å²) in [5.41, 5.74) is 5.42. The van der Waals surface area contributed by atoms with Crippen molar-refractivity contribution in [3.05, 3.63) is 120 Å². The van der Waals surface area contributed by atoms with E-state index in [0.717, 1.165) is 13.1 Å². The molecular weight excluding hydrogens is 352 g/mol. The van der Waals surface area contributed by atoms with E-state index in [2.05, 4.69) is 109 Å². The quantitative estimate of drug-likeness (QED) is 0.702. The zero-order valence-electron chi connectivity index (χ0n) is 15.6. The number of nitrogens with one attached hydrogen (secondary N) is 1. The number of hydrogen-bond donors (Lipinski definition) is 1. The second-order valence-corrected chi connectivity index (χ2v) is 6.95. The highest BCUT2D eigenvalue weighted by molar-refractivity contribution is 5.23. The summed E-state index contributed by atoms with van der Waals surface area (Å²) < 4.78 is 0. The van der Waals surface area contributed by atoms with E-state index in [4.69, 9.17) is 0 Å². The van der Waals surface area contributed by atoms with Crippen LogP contribution in [0.2, 0.25) is 0 Å². The third-order valence-electron chi connectivity index (χ3n) is 5.07. The van der Waals surface area contributed by atoms with Crippen LogP contribution in [0.25, 0.3) is 0 Å². The van der Waals surface area contributed by atoms with Gasteiger partial charge in [0.15, 0.2) is 6.17 Å². The Morgan fingerprint density at radius 1 is 0.741 bits per heavy atom. The van der Waals surface area contributed by atoms with Gasteiger partial charge in [-0.2, -0.15) is 0 Å². The molecule has 3 heteroatoms. The minimum atomic E-state index is 0. The smallest absolute Gasteiger partial charge is 0.194 e. The van der Waals surface area contributed by atoms with Crippen molar-refractivity contribution in [3.63, 3.8) is 0 Å². The van der Waals surface area contributed by atoms with E-state index in [9.17, 15) is 0 Å². The average molecular weight is 377 g/mol. The van der Waals surface area contributed by atoms with Gasteiger partial charge in [-0.25, -0.2) is 0 Å². The molecule has 2 unspecified atom stereocenters. The normalized spacial score (nSPS) is 18.7. The van der Waals surface area contributed by atoms with E-state index in [1.165, 1.54) is 27.3 Å². The van der Waals surface area contributed by atoms with Gasteiger partial charge in [0.25, 0.3) is 0 Å². The fourth-order valence-corrected chi connectivity index (χ4v) is 3.84. The predicted octanol–water partition coefficient (Wildman–Crippen LogP) is 1.15. The van der Waals surface area contributed by atoms with Gasteiger partial charge in [-0.1, -0.05) is 91.0 Å². The van der Waals surface area contributed by atoms with Crippen LogP contribution in [0.1, 0.15) is 29.8 Å². The summed E-state index contributed by atoms with van der Waals surface area (Å²) in [6, 6.07) is 32.4. The molecule has 3 aromatic carbocycles. The molecule has 0 amide bonds. The standard InChI is InChI=1S/C24H24N2.ClH/c1-20-17-25(18-21-11-5-2-6-12-21)24(23-15-9-4-10-16-23)26(20)19-22-13-7-3-8-14-22;/h2-17,24H,18-19H2,1H3;1H. The van der Waals surface area contributed by atoms with Gasteiger partial charge in [-0.3, -0.25) is 4.90 Å². The van der Waals surface area contributed by atoms with Crippen molar-refractivity contribution in [1.82, 2.24) is 4.90 Å². The lowest BCUT2D eigenvalue weighted by atomic mass is 10.1. The lowest BCUT2D eigenvalue weighted by Crippen LogP contribution is -3.06. The molecule has 1 N–H and O–H groups in total. The van der Waals surface area contributed by atoms with Crippen LogP contribution in [0.3, 0.4) is 0 Å². The Kier molecular flexibility index (Phi) is 6.33. The zero-order valence-corrected chi connectivity index (χ0v) is 16.3. The van der Waals surface area contributed by atoms with E-state index >= 15 is 0 Å². The highest BCUT2D eigenvalue weighted by atomic mass is 35.5. The Morgan fingerprint density at radius 2 is 1.26 bits per heavy atom. The minimum absolute atomic E-state index is 0. The summed E-state index contributed by atoms with van der Waals surface area (Å²) in [5.74, 6) is 0. The Labute approximate surface area is 168 Å². The average Bonchev–Trinajstić information content (AvgIpc) is 2.99. The number of benzene rings is 3. The van der Waals surface area contributed by atoms with Crippen molar-refractivity contribution in [1.29, 1.82) is 0 Å². The molecule has 0 spiro atoms. The molecule has 0 saturated heterocycles. The maximum absolute atomic E-state index is 2.53. The number of nitrogens with zero attached hydrogens (tertiary/aromatic N) is 1. The monoisotopic (exact) mass is 376 g/mol. The number of rotatable bonds is 5. The second-order valence-electron chi connectivity index (χ2n) is 6.95. The van der Waals surface area contributed by atoms with Crippen LogP contribution in [0, 0.1) is 0 Å². The first kappa shape index (κ1) is 19.2. The van der Waals surface area contributed by atoms with E-state index in [1.54, 1.807) is 0 Å². The van der Waals surface area contributed by atoms with Crippen molar-refractivity contribution < 1.29 is 17.3 Å². The second kappa shape index (κ2) is 8.90. The van der Waals surface area contributed by atoms with Crippen molar-refractivity contribution >= 4 is 0 Å². The fourth-order valence-electron chi connectivity index (χ4n) is 3.84. The maximum Gasteiger partial charge on any atom is 0.194 e. The van der Waals surface area contributed by atoms with Gasteiger partial charge in [-0.05, 0) is 12.5 Å². The third-order valence-corrected chi connectivity index (χ3v) is 5.07. The highest BCUT2D eigenvalue weighted by Gasteiger charge is 2.36. The lowest BCUT2D eigenvalue weighted by molar-refractivity contribution is -0.899. The maximum atomic E-state index is 2.53. The van der Waals surface area contributed by atoms with E-state index in [0.29, 0.717) is 6.17 Å². The highest BCUT2D eigenvalue weighted by Crippen LogP contribution is 2.26. The van der Waals surface area contributed by atoms with Crippen molar-refractivity contribution in [2.45, 2.75) is 26.2 Å². The van der Waals surface area contributed by atoms with Crippen LogP contribution in [0.4, 0.5) is 0 Å². The van der Waals surface area contributed by atoms with Crippen LogP contribution >= 0.6 is 0 Å². The molecule has 0 aromatic heterocycles. The van der Waals surface area contributed by atoms with Crippen molar-refractivity contribution in [2.24, 2.45) is 0 Å². The first-order valence-electron chi connectivity index (χ1n) is 9.25. The van der Waals surface area contributed by atoms with Crippen LogP contribution in [0.15, 0.2) is 103 Å². The Morgan fingerprint density at radius 3 is 1.85 bits per heavy atom. The van der Waals surface area contributed by atoms with Gasteiger partial charge in [0, 0.05) is 17.7 Å². The number of quaternary nitrogens is 1. The fraction of sp³-hybridized carbons (Fsp3) is 0.167. The molecule has 0 fully saturated rings. The van der Waals surface area contributed by atoms with Gasteiger partial charge < -0.3 is 17.3 Å². The summed E-state index contributed by atoms with van der Waals surface area (Å²) in [4.78, 5) is 4.00. The lowest BCUT2D eigenvalue weighted by Gasteiger charge is -2.30. The number of halogens is 1. The number of hydrogen-bond acceptors (Lipinski definition) is 1. The molecule has 1 aliphatic heterocycles. The van der Waals surface area contributed by atoms with Crippen LogP contribution in [-0.4, -0.2) is 4.90 Å². The van der Waals surface area contributed by atoms with Crippen LogP contribution in [-0.2, 0) is 13.1 Å². The summed E-state index contributed by atoms with van der Waals surface area (Å²) in [7, 11) is 0. The van der Waals surface area contributed by atoms with Gasteiger partial charge in [0.2, 0.25) is 0 Å². The van der Waals surface area contributed by atoms with Crippen molar-refractivity contribution in [2.75, 3.05) is 0 Å². The van der Waals surface area contributed by atoms with Gasteiger partial charge in [-0.15, -0.1) is 0 Å². The van der Waals surface area contributed by atoms with E-state index in [1.807, 2.05) is 0 Å². The van der Waals surface area contributed by atoms with Crippen LogP contribution in [0.5, 0.6) is 0 Å². The van der Waals surface area contributed by atoms with E-state index < -0.39 is 0 Å². The Bertz CT molecular complexity index is 863. The van der Waals surface area contributed by atoms with Crippen molar-refractivity contribution in [3.8, 4) is 0 Å². The summed E-state index contributed by atoms with van der Waals surface area (Å²) in [6.45, 7) is 4.15. The van der Waals surface area contributed by atoms with Gasteiger partial charge >= 0.3 is 0 Å². The van der Waals surface area contributed by atoms with Crippen LogP contribution < -0.4 is 17.3 Å². The molecule has 0 radical (unpaired) electrons. The largest absolute Gasteiger partial charge is 1.00 e. The molecule has 2 nitrogen and oxygen atoms in total. The summed E-state index contributed by atoms with van der Waals surface area (Å²) >= 11 is 0. The zero-order chi connectivity index (χ0) is 17.8. The molecule has 0 aliphatic carbocycles. The van der Waals surface area contributed by atoms with Gasteiger partial charge in [0.05, 0.1) is 5.70 Å². The molecule has 0 saturated carbocycles. The summed E-state index contributed by atoms with van der Waals surface area (Å²) in [6.07, 6.45) is 2.68. The molecule has 4 rings (SSSR count). The first-order valence-corrected chi connectivity index (χ1v) is 9.25. The molecule has 1 heterocycles. The Balaban J connectivity index is 0.00000210. The number of allylic oxidation sites excluding steroid dienone is 1. The summed E-state index contributed by atoms with van der Waals surface area (Å²) in [5, 5.41) is 0. The molecule has 138 valence electrons. The topological polar surface area (TPSA) is 7.68 Å².